The number of Topliss-reactive ketones (excluding diaryl/α,β-unsaturated/α-hetero) is 1. The molecule has 2 aliphatic carbocycles. The lowest BCUT2D eigenvalue weighted by Crippen LogP contribution is -2.56. The summed E-state index contributed by atoms with van der Waals surface area (Å²) in [6.45, 7) is 5.58. The van der Waals surface area contributed by atoms with E-state index in [9.17, 15) is 9.18 Å². The fourth-order valence-corrected chi connectivity index (χ4v) is 5.12. The van der Waals surface area contributed by atoms with Crippen molar-refractivity contribution in [3.8, 4) is 0 Å². The average molecular weight is 344 g/mol. The van der Waals surface area contributed by atoms with Gasteiger partial charge in [-0.1, -0.05) is 26.0 Å². The molecule has 1 aromatic carbocycles. The van der Waals surface area contributed by atoms with E-state index in [-0.39, 0.29) is 28.9 Å². The minimum absolute atomic E-state index is 0.213. The molecule has 0 aromatic heterocycles. The molecule has 1 saturated heterocycles. The highest BCUT2D eigenvalue weighted by atomic mass is 19.1. The van der Waals surface area contributed by atoms with Gasteiger partial charge < -0.3 is 9.47 Å². The van der Waals surface area contributed by atoms with Gasteiger partial charge in [0.15, 0.2) is 11.6 Å². The van der Waals surface area contributed by atoms with Gasteiger partial charge in [0.25, 0.3) is 0 Å². The van der Waals surface area contributed by atoms with Gasteiger partial charge >= 0.3 is 0 Å². The van der Waals surface area contributed by atoms with Crippen molar-refractivity contribution < 1.29 is 18.7 Å². The summed E-state index contributed by atoms with van der Waals surface area (Å²) < 4.78 is 25.0. The van der Waals surface area contributed by atoms with Crippen molar-refractivity contribution in [1.82, 2.24) is 0 Å². The van der Waals surface area contributed by atoms with Crippen molar-refractivity contribution in [3.05, 3.63) is 41.2 Å². The molecule has 3 nitrogen and oxygen atoms in total. The summed E-state index contributed by atoms with van der Waals surface area (Å²) in [5, 5.41) is 0. The third-order valence-corrected chi connectivity index (χ3v) is 6.63. The number of ether oxygens (including phenoxy) is 2. The lowest BCUT2D eigenvalue weighted by Gasteiger charge is -2.53. The number of hydrogen-bond donors (Lipinski definition) is 0. The van der Waals surface area contributed by atoms with Crippen LogP contribution in [0.15, 0.2) is 29.8 Å². The average Bonchev–Trinajstić information content (AvgIpc) is 3.08. The molecule has 1 spiro atoms. The van der Waals surface area contributed by atoms with Gasteiger partial charge in [0, 0.05) is 17.8 Å². The molecule has 3 fully saturated rings. The molecule has 4 heteroatoms. The smallest absolute Gasteiger partial charge is 0.171 e. The number of fused-ring (bicyclic) bond motifs is 1. The highest BCUT2D eigenvalue weighted by Gasteiger charge is 2.59. The molecule has 1 aliphatic heterocycles. The van der Waals surface area contributed by atoms with Crippen LogP contribution in [0.2, 0.25) is 0 Å². The Labute approximate surface area is 148 Å². The molecular weight excluding hydrogens is 319 g/mol. The Hall–Kier alpha value is -1.52. The van der Waals surface area contributed by atoms with Crippen LogP contribution in [0.5, 0.6) is 0 Å². The van der Waals surface area contributed by atoms with Crippen molar-refractivity contribution in [2.24, 2.45) is 17.3 Å². The zero-order valence-corrected chi connectivity index (χ0v) is 14.9. The maximum Gasteiger partial charge on any atom is 0.171 e. The molecule has 25 heavy (non-hydrogen) atoms. The van der Waals surface area contributed by atoms with Crippen LogP contribution in [0.25, 0.3) is 6.08 Å². The first-order valence-corrected chi connectivity index (χ1v) is 9.23. The lowest BCUT2D eigenvalue weighted by molar-refractivity contribution is -0.241. The summed E-state index contributed by atoms with van der Waals surface area (Å²) in [5.74, 6) is -0.00927. The minimum Gasteiger partial charge on any atom is -0.347 e. The number of rotatable bonds is 1. The first kappa shape index (κ1) is 16.9. The first-order valence-electron chi connectivity index (χ1n) is 9.23. The van der Waals surface area contributed by atoms with E-state index in [1.54, 1.807) is 12.1 Å². The quantitative estimate of drug-likeness (QED) is 0.710. The van der Waals surface area contributed by atoms with Gasteiger partial charge in [-0.05, 0) is 54.5 Å². The number of hydrogen-bond acceptors (Lipinski definition) is 3. The second-order valence-corrected chi connectivity index (χ2v) is 7.91. The molecule has 1 heterocycles. The predicted octanol–water partition coefficient (Wildman–Crippen LogP) is 4.37. The maximum absolute atomic E-state index is 13.3. The second-order valence-electron chi connectivity index (χ2n) is 7.91. The molecule has 0 N–H and O–H groups in total. The minimum atomic E-state index is -0.484. The summed E-state index contributed by atoms with van der Waals surface area (Å²) in [4.78, 5) is 13.3. The molecule has 1 aromatic rings. The molecule has 3 atom stereocenters. The molecular formula is C21H25FO3. The predicted molar refractivity (Wildman–Crippen MR) is 93.2 cm³/mol. The number of carbonyl (C=O) groups excluding carboxylic acids is 1. The van der Waals surface area contributed by atoms with Crippen LogP contribution in [-0.2, 0) is 14.3 Å². The van der Waals surface area contributed by atoms with Crippen LogP contribution >= 0.6 is 0 Å². The van der Waals surface area contributed by atoms with E-state index in [0.29, 0.717) is 13.2 Å². The summed E-state index contributed by atoms with van der Waals surface area (Å²) in [6, 6.07) is 6.32. The van der Waals surface area contributed by atoms with E-state index in [1.807, 2.05) is 6.08 Å². The first-order chi connectivity index (χ1) is 11.9. The summed E-state index contributed by atoms with van der Waals surface area (Å²) in [5.41, 5.74) is 1.39. The summed E-state index contributed by atoms with van der Waals surface area (Å²) in [7, 11) is 0. The van der Waals surface area contributed by atoms with Crippen molar-refractivity contribution in [1.29, 1.82) is 0 Å². The van der Waals surface area contributed by atoms with Gasteiger partial charge in [-0.3, -0.25) is 4.79 Å². The standard InChI is InChI=1S/C21H25FO3/c1-14-18-8-5-16(13-15-3-6-17(22)7-4-15)19(23)20(18,2)9-10-21(14)24-11-12-25-21/h3-4,6-7,13-14,18H,5,8-12H2,1-2H3/b16-13+/t14-,18-,20-/m1/s1. The Kier molecular flexibility index (Phi) is 4.08. The second kappa shape index (κ2) is 6.03. The molecule has 0 unspecified atom stereocenters. The lowest BCUT2D eigenvalue weighted by atomic mass is 9.54. The van der Waals surface area contributed by atoms with E-state index < -0.39 is 5.79 Å². The van der Waals surface area contributed by atoms with Crippen LogP contribution in [0.3, 0.4) is 0 Å². The van der Waals surface area contributed by atoms with E-state index in [1.165, 1.54) is 12.1 Å². The van der Waals surface area contributed by atoms with E-state index in [4.69, 9.17) is 9.47 Å². The van der Waals surface area contributed by atoms with Crippen LogP contribution in [0.1, 0.15) is 45.1 Å². The molecule has 3 aliphatic rings. The largest absolute Gasteiger partial charge is 0.347 e. The Morgan fingerprint density at radius 2 is 1.84 bits per heavy atom. The fourth-order valence-electron chi connectivity index (χ4n) is 5.12. The Bertz CT molecular complexity index is 702. The maximum atomic E-state index is 13.3. The zero-order valence-electron chi connectivity index (χ0n) is 14.9. The summed E-state index contributed by atoms with van der Waals surface area (Å²) >= 11 is 0. The van der Waals surface area contributed by atoms with E-state index in [0.717, 1.165) is 36.8 Å². The van der Waals surface area contributed by atoms with E-state index in [2.05, 4.69) is 13.8 Å². The highest BCUT2D eigenvalue weighted by molar-refractivity contribution is 6.04. The third-order valence-electron chi connectivity index (χ3n) is 6.63. The Morgan fingerprint density at radius 1 is 1.16 bits per heavy atom. The van der Waals surface area contributed by atoms with Crippen molar-refractivity contribution in [2.45, 2.75) is 45.3 Å². The van der Waals surface area contributed by atoms with Gasteiger partial charge in [0.05, 0.1) is 13.2 Å². The van der Waals surface area contributed by atoms with Gasteiger partial charge in [0.2, 0.25) is 0 Å². The topological polar surface area (TPSA) is 35.5 Å². The number of halogens is 1. The van der Waals surface area contributed by atoms with Crippen LogP contribution < -0.4 is 0 Å². The molecule has 0 radical (unpaired) electrons. The SMILES string of the molecule is C[C@@H]1[C@H]2CC/C(=C\c3ccc(F)cc3)C(=O)[C@]2(C)CCC12OCCO2. The fraction of sp³-hybridized carbons (Fsp3) is 0.571. The number of allylic oxidation sites excluding steroid dienone is 1. The number of carbonyl (C=O) groups is 1. The van der Waals surface area contributed by atoms with Crippen LogP contribution in [0, 0.1) is 23.1 Å². The van der Waals surface area contributed by atoms with Crippen LogP contribution in [-0.4, -0.2) is 24.8 Å². The van der Waals surface area contributed by atoms with Crippen LogP contribution in [0.4, 0.5) is 4.39 Å². The highest BCUT2D eigenvalue weighted by Crippen LogP contribution is 2.57. The third kappa shape index (κ3) is 2.67. The normalized spacial score (nSPS) is 36.0. The van der Waals surface area contributed by atoms with Gasteiger partial charge in [-0.25, -0.2) is 4.39 Å². The summed E-state index contributed by atoms with van der Waals surface area (Å²) in [6.07, 6.45) is 5.22. The molecule has 0 bridgehead atoms. The Balaban J connectivity index is 1.61. The zero-order chi connectivity index (χ0) is 17.7. The molecule has 0 amide bonds. The van der Waals surface area contributed by atoms with Crippen molar-refractivity contribution >= 4 is 11.9 Å². The van der Waals surface area contributed by atoms with E-state index >= 15 is 0 Å². The number of benzene rings is 1. The van der Waals surface area contributed by atoms with Gasteiger partial charge in [-0.15, -0.1) is 0 Å². The van der Waals surface area contributed by atoms with Gasteiger partial charge in [-0.2, -0.15) is 0 Å². The molecule has 2 saturated carbocycles. The van der Waals surface area contributed by atoms with Gasteiger partial charge in [0.1, 0.15) is 5.82 Å². The molecule has 4 rings (SSSR count). The monoisotopic (exact) mass is 344 g/mol. The number of ketones is 1. The Morgan fingerprint density at radius 3 is 2.52 bits per heavy atom. The van der Waals surface area contributed by atoms with Crippen molar-refractivity contribution in [2.75, 3.05) is 13.2 Å². The molecule has 134 valence electrons. The van der Waals surface area contributed by atoms with Crippen molar-refractivity contribution in [3.63, 3.8) is 0 Å².